The van der Waals surface area contributed by atoms with Crippen molar-refractivity contribution in [2.24, 2.45) is 5.16 Å². The standard InChI is InChI=1S/C32H37N5O3/c1-24(36-40-22-25-10-5-3-6-11-25)26-12-14-27(15-13-26)35-32-28-20-31(30(38-2)21-29(28)33-23-34-32)39-19-9-18-37-16-7-4-8-17-37/h3,5-6,10-15,20-21,23H,4,7-9,16-19,22H2,1-2H3,(H,33,34,35). The van der Waals surface area contributed by atoms with Crippen LogP contribution in [0.5, 0.6) is 11.5 Å². The summed E-state index contributed by atoms with van der Waals surface area (Å²) < 4.78 is 11.8. The van der Waals surface area contributed by atoms with E-state index in [9.17, 15) is 0 Å². The highest BCUT2D eigenvalue weighted by atomic mass is 16.6. The predicted molar refractivity (Wildman–Crippen MR) is 160 cm³/mol. The Morgan fingerprint density at radius 3 is 2.52 bits per heavy atom. The Hall–Kier alpha value is -4.17. The molecule has 0 amide bonds. The lowest BCUT2D eigenvalue weighted by Gasteiger charge is -2.26. The molecule has 0 aliphatic carbocycles. The first-order chi connectivity index (χ1) is 19.7. The monoisotopic (exact) mass is 539 g/mol. The van der Waals surface area contributed by atoms with Crippen molar-refractivity contribution in [3.63, 3.8) is 0 Å². The van der Waals surface area contributed by atoms with Crippen LogP contribution in [0.15, 0.2) is 78.2 Å². The highest BCUT2D eigenvalue weighted by Crippen LogP contribution is 2.35. The maximum absolute atomic E-state index is 6.17. The lowest BCUT2D eigenvalue weighted by Crippen LogP contribution is -2.31. The van der Waals surface area contributed by atoms with E-state index < -0.39 is 0 Å². The summed E-state index contributed by atoms with van der Waals surface area (Å²) in [5.74, 6) is 2.07. The van der Waals surface area contributed by atoms with Gasteiger partial charge in [0.1, 0.15) is 18.8 Å². The number of piperidine rings is 1. The van der Waals surface area contributed by atoms with Crippen molar-refractivity contribution in [1.29, 1.82) is 0 Å². The van der Waals surface area contributed by atoms with Gasteiger partial charge < -0.3 is 24.5 Å². The summed E-state index contributed by atoms with van der Waals surface area (Å²) in [6, 6.07) is 21.9. The Bertz CT molecular complexity index is 1400. The van der Waals surface area contributed by atoms with Gasteiger partial charge in [-0.15, -0.1) is 0 Å². The number of benzene rings is 3. The van der Waals surface area contributed by atoms with Crippen LogP contribution in [0.1, 0.15) is 43.7 Å². The zero-order valence-electron chi connectivity index (χ0n) is 23.3. The Morgan fingerprint density at radius 2 is 1.75 bits per heavy atom. The van der Waals surface area contributed by atoms with Crippen molar-refractivity contribution in [1.82, 2.24) is 14.9 Å². The van der Waals surface area contributed by atoms with Gasteiger partial charge in [0.25, 0.3) is 0 Å². The Balaban J connectivity index is 1.23. The molecule has 4 aromatic rings. The quantitative estimate of drug-likeness (QED) is 0.124. The van der Waals surface area contributed by atoms with Gasteiger partial charge in [0.05, 0.1) is 24.9 Å². The number of oxime groups is 1. The molecule has 2 heterocycles. The number of methoxy groups -OCH3 is 1. The highest BCUT2D eigenvalue weighted by molar-refractivity contribution is 5.99. The van der Waals surface area contributed by atoms with Gasteiger partial charge in [-0.1, -0.05) is 54.0 Å². The third-order valence-electron chi connectivity index (χ3n) is 7.09. The molecule has 0 saturated carbocycles. The molecule has 1 aliphatic heterocycles. The summed E-state index contributed by atoms with van der Waals surface area (Å²) in [5.41, 5.74) is 4.56. The summed E-state index contributed by atoms with van der Waals surface area (Å²) in [7, 11) is 1.65. The molecular formula is C32H37N5O3. The average molecular weight is 540 g/mol. The van der Waals surface area contributed by atoms with E-state index in [1.54, 1.807) is 13.4 Å². The number of fused-ring (bicyclic) bond motifs is 1. The normalized spacial score (nSPS) is 14.2. The van der Waals surface area contributed by atoms with Crippen LogP contribution < -0.4 is 14.8 Å². The zero-order chi connectivity index (χ0) is 27.6. The van der Waals surface area contributed by atoms with Crippen LogP contribution in [0.3, 0.4) is 0 Å². The van der Waals surface area contributed by atoms with Crippen molar-refractivity contribution in [3.05, 3.63) is 84.2 Å². The molecular weight excluding hydrogens is 502 g/mol. The minimum absolute atomic E-state index is 0.438. The van der Waals surface area contributed by atoms with Crippen molar-refractivity contribution in [2.45, 2.75) is 39.2 Å². The Morgan fingerprint density at radius 1 is 0.950 bits per heavy atom. The molecule has 0 atom stereocenters. The molecule has 8 nitrogen and oxygen atoms in total. The first-order valence-electron chi connectivity index (χ1n) is 14.0. The van der Waals surface area contributed by atoms with Gasteiger partial charge in [0, 0.05) is 23.7 Å². The van der Waals surface area contributed by atoms with E-state index >= 15 is 0 Å². The minimum atomic E-state index is 0.438. The lowest BCUT2D eigenvalue weighted by molar-refractivity contribution is 0.130. The summed E-state index contributed by atoms with van der Waals surface area (Å²) in [4.78, 5) is 17.0. The summed E-state index contributed by atoms with van der Waals surface area (Å²) in [5, 5.41) is 8.57. The molecule has 1 saturated heterocycles. The number of anilines is 2. The zero-order valence-corrected chi connectivity index (χ0v) is 23.3. The van der Waals surface area contributed by atoms with E-state index in [1.165, 1.54) is 32.4 Å². The summed E-state index contributed by atoms with van der Waals surface area (Å²) >= 11 is 0. The SMILES string of the molecule is COc1cc2ncnc(Nc3ccc(C(C)=NOCc4ccccc4)cc3)c2cc1OCCCN1CCCCC1. The highest BCUT2D eigenvalue weighted by Gasteiger charge is 2.13. The maximum atomic E-state index is 6.17. The molecule has 0 unspecified atom stereocenters. The molecule has 0 spiro atoms. The fourth-order valence-corrected chi connectivity index (χ4v) is 4.85. The van der Waals surface area contributed by atoms with Crippen LogP contribution in [0, 0.1) is 0 Å². The topological polar surface area (TPSA) is 81.1 Å². The molecule has 3 aromatic carbocycles. The van der Waals surface area contributed by atoms with E-state index in [0.29, 0.717) is 30.5 Å². The Labute approximate surface area is 236 Å². The third kappa shape index (κ3) is 7.27. The minimum Gasteiger partial charge on any atom is -0.493 e. The van der Waals surface area contributed by atoms with Crippen LogP contribution in [0.2, 0.25) is 0 Å². The van der Waals surface area contributed by atoms with Gasteiger partial charge in [-0.3, -0.25) is 0 Å². The van der Waals surface area contributed by atoms with Crippen molar-refractivity contribution >= 4 is 28.1 Å². The molecule has 1 aromatic heterocycles. The second-order valence-corrected chi connectivity index (χ2v) is 9.98. The number of rotatable bonds is 12. The number of ether oxygens (including phenoxy) is 2. The van der Waals surface area contributed by atoms with Crippen LogP contribution in [0.25, 0.3) is 10.9 Å². The molecule has 1 N–H and O–H groups in total. The van der Waals surface area contributed by atoms with Gasteiger partial charge in [0.2, 0.25) is 0 Å². The van der Waals surface area contributed by atoms with Crippen molar-refractivity contribution in [2.75, 3.05) is 38.7 Å². The van der Waals surface area contributed by atoms with Gasteiger partial charge in [-0.25, -0.2) is 9.97 Å². The maximum Gasteiger partial charge on any atom is 0.162 e. The number of aromatic nitrogens is 2. The molecule has 0 bridgehead atoms. The van der Waals surface area contributed by atoms with Gasteiger partial charge in [0.15, 0.2) is 11.5 Å². The average Bonchev–Trinajstić information content (AvgIpc) is 3.00. The number of hydrogen-bond acceptors (Lipinski definition) is 8. The number of nitrogens with zero attached hydrogens (tertiary/aromatic N) is 4. The molecule has 208 valence electrons. The Kier molecular flexibility index (Phi) is 9.42. The van der Waals surface area contributed by atoms with E-state index in [0.717, 1.165) is 46.4 Å². The largest absolute Gasteiger partial charge is 0.493 e. The van der Waals surface area contributed by atoms with E-state index in [1.807, 2.05) is 73.7 Å². The van der Waals surface area contributed by atoms with Gasteiger partial charge >= 0.3 is 0 Å². The fraction of sp³-hybridized carbons (Fsp3) is 0.344. The molecule has 40 heavy (non-hydrogen) atoms. The van der Waals surface area contributed by atoms with Crippen LogP contribution >= 0.6 is 0 Å². The molecule has 0 radical (unpaired) electrons. The van der Waals surface area contributed by atoms with E-state index in [-0.39, 0.29) is 0 Å². The molecule has 1 fully saturated rings. The van der Waals surface area contributed by atoms with Crippen molar-refractivity contribution < 1.29 is 14.3 Å². The summed E-state index contributed by atoms with van der Waals surface area (Å²) in [6.07, 6.45) is 6.48. The van der Waals surface area contributed by atoms with Crippen LogP contribution in [-0.2, 0) is 11.4 Å². The molecule has 5 rings (SSSR count). The van der Waals surface area contributed by atoms with Crippen LogP contribution in [0.4, 0.5) is 11.5 Å². The van der Waals surface area contributed by atoms with Gasteiger partial charge in [-0.05, 0) is 68.6 Å². The summed E-state index contributed by atoms with van der Waals surface area (Å²) in [6.45, 7) is 6.46. The second-order valence-electron chi connectivity index (χ2n) is 9.98. The number of likely N-dealkylation sites (tertiary alicyclic amines) is 1. The predicted octanol–water partition coefficient (Wildman–Crippen LogP) is 6.58. The van der Waals surface area contributed by atoms with E-state index in [4.69, 9.17) is 14.3 Å². The molecule has 1 aliphatic rings. The number of hydrogen-bond donors (Lipinski definition) is 1. The lowest BCUT2D eigenvalue weighted by atomic mass is 10.1. The van der Waals surface area contributed by atoms with E-state index in [2.05, 4.69) is 25.3 Å². The third-order valence-corrected chi connectivity index (χ3v) is 7.09. The van der Waals surface area contributed by atoms with Crippen LogP contribution in [-0.4, -0.2) is 53.9 Å². The second kappa shape index (κ2) is 13.8. The van der Waals surface area contributed by atoms with Gasteiger partial charge in [-0.2, -0.15) is 0 Å². The number of nitrogens with one attached hydrogen (secondary N) is 1. The first-order valence-corrected chi connectivity index (χ1v) is 14.0. The molecule has 8 heteroatoms. The fourth-order valence-electron chi connectivity index (χ4n) is 4.85. The first kappa shape index (κ1) is 27.4. The van der Waals surface area contributed by atoms with Crippen molar-refractivity contribution in [3.8, 4) is 11.5 Å². The smallest absolute Gasteiger partial charge is 0.162 e.